The van der Waals surface area contributed by atoms with Gasteiger partial charge in [-0.2, -0.15) is 0 Å². The maximum atomic E-state index is 11.3. The first-order valence-corrected chi connectivity index (χ1v) is 8.84. The maximum Gasteiger partial charge on any atom is 0.211 e. The highest BCUT2D eigenvalue weighted by atomic mass is 32.2. The lowest BCUT2D eigenvalue weighted by Gasteiger charge is -2.36. The van der Waals surface area contributed by atoms with Gasteiger partial charge in [0.25, 0.3) is 0 Å². The molecular formula is C14H22N4O3S. The number of ether oxygens (including phenoxy) is 1. The summed E-state index contributed by atoms with van der Waals surface area (Å²) in [4.78, 5) is 4.28. The average Bonchev–Trinajstić information content (AvgIpc) is 2.38. The fourth-order valence-corrected chi connectivity index (χ4v) is 3.20. The SMILES string of the molecule is COCc1ccccc1NC(N)=NCC1CN(S(C)(=O)=O)C1. The number of anilines is 1. The van der Waals surface area contributed by atoms with E-state index in [2.05, 4.69) is 10.3 Å². The molecule has 1 aromatic rings. The Morgan fingerprint density at radius 1 is 1.45 bits per heavy atom. The summed E-state index contributed by atoms with van der Waals surface area (Å²) in [6.45, 7) is 2.02. The van der Waals surface area contributed by atoms with Crippen LogP contribution in [0.25, 0.3) is 0 Å². The van der Waals surface area contributed by atoms with Crippen molar-refractivity contribution in [3.05, 3.63) is 29.8 Å². The van der Waals surface area contributed by atoms with Crippen molar-refractivity contribution in [3.63, 3.8) is 0 Å². The predicted molar refractivity (Wildman–Crippen MR) is 87.2 cm³/mol. The van der Waals surface area contributed by atoms with Gasteiger partial charge < -0.3 is 15.8 Å². The highest BCUT2D eigenvalue weighted by molar-refractivity contribution is 7.88. The zero-order valence-corrected chi connectivity index (χ0v) is 13.6. The molecule has 8 heteroatoms. The molecule has 0 aromatic heterocycles. The minimum absolute atomic E-state index is 0.226. The number of aliphatic imine (C=N–C) groups is 1. The van der Waals surface area contributed by atoms with E-state index >= 15 is 0 Å². The quantitative estimate of drug-likeness (QED) is 0.584. The van der Waals surface area contributed by atoms with Gasteiger partial charge in [0.05, 0.1) is 12.9 Å². The van der Waals surface area contributed by atoms with Crippen LogP contribution in [0.5, 0.6) is 0 Å². The first-order chi connectivity index (χ1) is 10.4. The summed E-state index contributed by atoms with van der Waals surface area (Å²) in [6.07, 6.45) is 1.22. The topological polar surface area (TPSA) is 97.0 Å². The van der Waals surface area contributed by atoms with E-state index in [1.165, 1.54) is 10.6 Å². The number of guanidine groups is 1. The normalized spacial score (nSPS) is 17.3. The molecule has 7 nitrogen and oxygen atoms in total. The smallest absolute Gasteiger partial charge is 0.211 e. The molecule has 122 valence electrons. The third kappa shape index (κ3) is 4.43. The van der Waals surface area contributed by atoms with Crippen LogP contribution in [0.4, 0.5) is 5.69 Å². The van der Waals surface area contributed by atoms with Gasteiger partial charge in [0, 0.05) is 43.9 Å². The summed E-state index contributed by atoms with van der Waals surface area (Å²) in [6, 6.07) is 7.70. The summed E-state index contributed by atoms with van der Waals surface area (Å²) in [5.74, 6) is 0.547. The highest BCUT2D eigenvalue weighted by Crippen LogP contribution is 2.19. The molecule has 1 aromatic carbocycles. The average molecular weight is 326 g/mol. The van der Waals surface area contributed by atoms with E-state index in [0.717, 1.165) is 11.3 Å². The highest BCUT2D eigenvalue weighted by Gasteiger charge is 2.32. The van der Waals surface area contributed by atoms with Crippen molar-refractivity contribution in [1.29, 1.82) is 0 Å². The van der Waals surface area contributed by atoms with Crippen molar-refractivity contribution < 1.29 is 13.2 Å². The summed E-state index contributed by atoms with van der Waals surface area (Å²) in [5.41, 5.74) is 7.74. The van der Waals surface area contributed by atoms with Crippen LogP contribution in [0.2, 0.25) is 0 Å². The molecule has 0 saturated carbocycles. The Kier molecular flexibility index (Phi) is 5.38. The zero-order valence-electron chi connectivity index (χ0n) is 12.8. The van der Waals surface area contributed by atoms with Gasteiger partial charge in [0.2, 0.25) is 10.0 Å². The third-order valence-corrected chi connectivity index (χ3v) is 4.73. The van der Waals surface area contributed by atoms with E-state index in [1.807, 2.05) is 24.3 Å². The van der Waals surface area contributed by atoms with Crippen LogP contribution in [0.15, 0.2) is 29.3 Å². The van der Waals surface area contributed by atoms with E-state index in [9.17, 15) is 8.42 Å². The fraction of sp³-hybridized carbons (Fsp3) is 0.500. The van der Waals surface area contributed by atoms with Crippen LogP contribution >= 0.6 is 0 Å². The molecule has 22 heavy (non-hydrogen) atoms. The molecule has 0 amide bonds. The van der Waals surface area contributed by atoms with Crippen LogP contribution in [0.3, 0.4) is 0 Å². The molecule has 1 saturated heterocycles. The monoisotopic (exact) mass is 326 g/mol. The molecule has 0 radical (unpaired) electrons. The Morgan fingerprint density at radius 2 is 2.14 bits per heavy atom. The van der Waals surface area contributed by atoms with Crippen LogP contribution in [-0.4, -0.2) is 51.7 Å². The number of hydrogen-bond acceptors (Lipinski definition) is 4. The molecule has 2 rings (SSSR count). The van der Waals surface area contributed by atoms with Gasteiger partial charge in [-0.1, -0.05) is 18.2 Å². The van der Waals surface area contributed by atoms with Gasteiger partial charge in [-0.05, 0) is 6.07 Å². The van der Waals surface area contributed by atoms with E-state index in [0.29, 0.717) is 32.2 Å². The lowest BCUT2D eigenvalue weighted by molar-refractivity contribution is 0.185. The Balaban J connectivity index is 1.87. The molecule has 1 aliphatic rings. The molecule has 1 fully saturated rings. The lowest BCUT2D eigenvalue weighted by atomic mass is 10.0. The van der Waals surface area contributed by atoms with Gasteiger partial charge >= 0.3 is 0 Å². The van der Waals surface area contributed by atoms with E-state index in [-0.39, 0.29) is 5.92 Å². The molecule has 0 unspecified atom stereocenters. The third-order valence-electron chi connectivity index (χ3n) is 3.49. The number of nitrogens with zero attached hydrogens (tertiary/aromatic N) is 2. The Labute approximate surface area is 131 Å². The number of hydrogen-bond donors (Lipinski definition) is 2. The summed E-state index contributed by atoms with van der Waals surface area (Å²) in [7, 11) is -1.44. The van der Waals surface area contributed by atoms with Crippen molar-refractivity contribution in [3.8, 4) is 0 Å². The summed E-state index contributed by atoms with van der Waals surface area (Å²) in [5, 5.41) is 3.06. The first-order valence-electron chi connectivity index (χ1n) is 6.99. The minimum atomic E-state index is -3.07. The number of para-hydroxylation sites is 1. The van der Waals surface area contributed by atoms with Gasteiger partial charge in [-0.3, -0.25) is 4.99 Å². The van der Waals surface area contributed by atoms with Crippen LogP contribution in [0, 0.1) is 5.92 Å². The number of methoxy groups -OCH3 is 1. The lowest BCUT2D eigenvalue weighted by Crippen LogP contribution is -2.50. The van der Waals surface area contributed by atoms with E-state index < -0.39 is 10.0 Å². The minimum Gasteiger partial charge on any atom is -0.380 e. The number of nitrogens with one attached hydrogen (secondary N) is 1. The Hall–Kier alpha value is -1.64. The van der Waals surface area contributed by atoms with Crippen molar-refractivity contribution in [2.45, 2.75) is 6.61 Å². The fourth-order valence-electron chi connectivity index (χ4n) is 2.24. The van der Waals surface area contributed by atoms with Crippen molar-refractivity contribution >= 4 is 21.7 Å². The molecule has 1 heterocycles. The van der Waals surface area contributed by atoms with Crippen molar-refractivity contribution in [2.24, 2.45) is 16.6 Å². The largest absolute Gasteiger partial charge is 0.380 e. The Morgan fingerprint density at radius 3 is 2.77 bits per heavy atom. The van der Waals surface area contributed by atoms with Gasteiger partial charge in [-0.15, -0.1) is 0 Å². The molecule has 3 N–H and O–H groups in total. The number of benzene rings is 1. The molecule has 0 atom stereocenters. The number of sulfonamides is 1. The van der Waals surface area contributed by atoms with E-state index in [4.69, 9.17) is 10.5 Å². The number of rotatable bonds is 6. The Bertz CT molecular complexity index is 639. The van der Waals surface area contributed by atoms with Crippen molar-refractivity contribution in [2.75, 3.05) is 38.3 Å². The summed E-state index contributed by atoms with van der Waals surface area (Å²) >= 11 is 0. The van der Waals surface area contributed by atoms with Crippen LogP contribution in [0.1, 0.15) is 5.56 Å². The van der Waals surface area contributed by atoms with Gasteiger partial charge in [-0.25, -0.2) is 12.7 Å². The zero-order chi connectivity index (χ0) is 16.2. The molecule has 0 spiro atoms. The molecule has 1 aliphatic heterocycles. The van der Waals surface area contributed by atoms with Crippen molar-refractivity contribution in [1.82, 2.24) is 4.31 Å². The standard InChI is InChI=1S/C14H22N4O3S/c1-21-10-12-5-3-4-6-13(12)17-14(15)16-7-11-8-18(9-11)22(2,19)20/h3-6,11H,7-10H2,1-2H3,(H3,15,16,17). The second-order valence-electron chi connectivity index (χ2n) is 5.39. The van der Waals surface area contributed by atoms with Gasteiger partial charge in [0.1, 0.15) is 0 Å². The molecule has 0 bridgehead atoms. The second kappa shape index (κ2) is 7.08. The molecular weight excluding hydrogens is 304 g/mol. The van der Waals surface area contributed by atoms with Gasteiger partial charge in [0.15, 0.2) is 5.96 Å². The van der Waals surface area contributed by atoms with Crippen LogP contribution < -0.4 is 11.1 Å². The predicted octanol–water partition coefficient (Wildman–Crippen LogP) is 0.451. The second-order valence-corrected chi connectivity index (χ2v) is 7.37. The summed E-state index contributed by atoms with van der Waals surface area (Å²) < 4.78 is 29.1. The van der Waals surface area contributed by atoms with E-state index in [1.54, 1.807) is 7.11 Å². The van der Waals surface area contributed by atoms with Crippen LogP contribution in [-0.2, 0) is 21.4 Å². The number of nitrogens with two attached hydrogens (primary N) is 1. The molecule has 0 aliphatic carbocycles. The maximum absolute atomic E-state index is 11.3. The first kappa shape index (κ1) is 16.7.